The fourth-order valence-corrected chi connectivity index (χ4v) is 13.0. The molecule has 111 heavy (non-hydrogen) atoms. The maximum Gasteiger partial charge on any atom is 0.472 e. The van der Waals surface area contributed by atoms with E-state index >= 15 is 0 Å². The van der Waals surface area contributed by atoms with E-state index in [9.17, 15) is 43.5 Å². The van der Waals surface area contributed by atoms with Crippen LogP contribution in [-0.4, -0.2) is 95.9 Å². The summed E-state index contributed by atoms with van der Waals surface area (Å²) < 4.78 is 61.3. The number of phosphoric acid groups is 2. The van der Waals surface area contributed by atoms with Crippen molar-refractivity contribution in [2.45, 2.75) is 360 Å². The molecular formula is C93H156O16P2. The Kier molecular flexibility index (Phi) is 80.4. The molecule has 0 saturated heterocycles. The van der Waals surface area contributed by atoms with Crippen LogP contribution in [0.15, 0.2) is 170 Å². The van der Waals surface area contributed by atoms with Crippen LogP contribution in [0.4, 0.5) is 0 Å². The lowest BCUT2D eigenvalue weighted by Gasteiger charge is -2.21. The van der Waals surface area contributed by atoms with E-state index in [1.54, 1.807) is 0 Å². The van der Waals surface area contributed by atoms with Gasteiger partial charge in [0.25, 0.3) is 0 Å². The molecule has 0 amide bonds. The predicted octanol–water partition coefficient (Wildman–Crippen LogP) is 26.3. The number of aliphatic hydroxyl groups is 2. The lowest BCUT2D eigenvalue weighted by Crippen LogP contribution is -2.30. The number of hydrogen-bond donors (Lipinski definition) is 4. The molecule has 0 spiro atoms. The van der Waals surface area contributed by atoms with Gasteiger partial charge in [-0.25, -0.2) is 9.13 Å². The summed E-state index contributed by atoms with van der Waals surface area (Å²) in [5, 5.41) is 20.7. The SMILES string of the molecule is CC/C=C\C/C=C\C/C=C\C/C=C\C/C=C\CCCCCCCCCCCCCCCCCC(=O)OCC(O)COP(=O)(O)OCC(O)COP(=O)(O)OCC(COC(=O)CCCCCCCCC/C=C\C/C=C\C/C=C\C/C=C\CCCCC)OC(=O)CCCCCCC/C=C\C/C=C\C/C=C\C/C=C\C/C=C\CC. The van der Waals surface area contributed by atoms with Crippen LogP contribution in [0.2, 0.25) is 0 Å². The molecule has 0 bridgehead atoms. The highest BCUT2D eigenvalue weighted by atomic mass is 31.2. The number of aliphatic hydroxyl groups excluding tert-OH is 2. The molecule has 0 radical (unpaired) electrons. The molecule has 0 aliphatic rings. The molecule has 16 nitrogen and oxygen atoms in total. The fourth-order valence-electron chi connectivity index (χ4n) is 11.4. The molecule has 0 heterocycles. The molecule has 4 N–H and O–H groups in total. The topological polar surface area (TPSA) is 231 Å². The highest BCUT2D eigenvalue weighted by Crippen LogP contribution is 2.45. The average molecular weight is 1590 g/mol. The normalized spacial score (nSPS) is 14.7. The van der Waals surface area contributed by atoms with E-state index in [0.29, 0.717) is 19.3 Å². The zero-order valence-electron chi connectivity index (χ0n) is 69.6. The average Bonchev–Trinajstić information content (AvgIpc) is 0.900. The van der Waals surface area contributed by atoms with E-state index in [-0.39, 0.29) is 19.3 Å². The lowest BCUT2D eigenvalue weighted by atomic mass is 10.0. The van der Waals surface area contributed by atoms with Gasteiger partial charge in [-0.3, -0.25) is 32.5 Å². The van der Waals surface area contributed by atoms with Crippen molar-refractivity contribution in [2.24, 2.45) is 0 Å². The Labute approximate surface area is 675 Å². The minimum atomic E-state index is -4.95. The van der Waals surface area contributed by atoms with E-state index in [0.717, 1.165) is 180 Å². The molecule has 0 aromatic heterocycles. The quantitative estimate of drug-likeness (QED) is 0.0146. The van der Waals surface area contributed by atoms with Crippen molar-refractivity contribution in [3.63, 3.8) is 0 Å². The second kappa shape index (κ2) is 84.3. The lowest BCUT2D eigenvalue weighted by molar-refractivity contribution is -0.161. The number of hydrogen-bond acceptors (Lipinski definition) is 14. The molecule has 634 valence electrons. The first-order valence-corrected chi connectivity index (χ1v) is 46.4. The van der Waals surface area contributed by atoms with Gasteiger partial charge in [-0.15, -0.1) is 0 Å². The Hall–Kier alpha value is -5.09. The largest absolute Gasteiger partial charge is 0.472 e. The van der Waals surface area contributed by atoms with E-state index in [4.69, 9.17) is 32.3 Å². The summed E-state index contributed by atoms with van der Waals surface area (Å²) >= 11 is 0. The Balaban J connectivity index is 4.61. The number of allylic oxidation sites excluding steroid dienone is 28. The summed E-state index contributed by atoms with van der Waals surface area (Å²) in [6, 6.07) is 0. The van der Waals surface area contributed by atoms with Gasteiger partial charge in [-0.05, 0) is 154 Å². The molecule has 5 unspecified atom stereocenters. The molecule has 0 aromatic rings. The van der Waals surface area contributed by atoms with Crippen molar-refractivity contribution < 1.29 is 75.8 Å². The molecule has 0 aromatic carbocycles. The number of carbonyl (C=O) groups is 3. The maximum absolute atomic E-state index is 13.0. The number of rotatable bonds is 81. The van der Waals surface area contributed by atoms with E-state index < -0.39 is 91.5 Å². The Bertz CT molecular complexity index is 2700. The van der Waals surface area contributed by atoms with Crippen molar-refractivity contribution in [2.75, 3.05) is 39.6 Å². The zero-order chi connectivity index (χ0) is 80.8. The first-order chi connectivity index (χ1) is 54.2. The maximum atomic E-state index is 13.0. The Morgan fingerprint density at radius 3 is 0.757 bits per heavy atom. The van der Waals surface area contributed by atoms with Crippen LogP contribution >= 0.6 is 15.6 Å². The Morgan fingerprint density at radius 2 is 0.477 bits per heavy atom. The van der Waals surface area contributed by atoms with Crippen LogP contribution in [0.25, 0.3) is 0 Å². The minimum absolute atomic E-state index is 0.0746. The van der Waals surface area contributed by atoms with Gasteiger partial charge in [-0.2, -0.15) is 0 Å². The highest BCUT2D eigenvalue weighted by Gasteiger charge is 2.29. The first-order valence-electron chi connectivity index (χ1n) is 43.4. The van der Waals surface area contributed by atoms with E-state index in [1.165, 1.54) is 103 Å². The monoisotopic (exact) mass is 1590 g/mol. The molecule has 18 heteroatoms. The number of phosphoric ester groups is 2. The summed E-state index contributed by atoms with van der Waals surface area (Å²) in [5.41, 5.74) is 0. The second-order valence-corrected chi connectivity index (χ2v) is 31.5. The molecule has 0 aliphatic carbocycles. The van der Waals surface area contributed by atoms with Crippen LogP contribution in [-0.2, 0) is 55.8 Å². The van der Waals surface area contributed by atoms with Crippen LogP contribution in [0.1, 0.15) is 342 Å². The van der Waals surface area contributed by atoms with Crippen LogP contribution in [0, 0.1) is 0 Å². The van der Waals surface area contributed by atoms with Gasteiger partial charge in [0.1, 0.15) is 25.4 Å². The van der Waals surface area contributed by atoms with E-state index in [2.05, 4.69) is 191 Å². The summed E-state index contributed by atoms with van der Waals surface area (Å²) in [5.74, 6) is -1.61. The van der Waals surface area contributed by atoms with Gasteiger partial charge in [-0.1, -0.05) is 339 Å². The summed E-state index contributed by atoms with van der Waals surface area (Å²) in [4.78, 5) is 58.9. The van der Waals surface area contributed by atoms with E-state index in [1.807, 2.05) is 0 Å². The van der Waals surface area contributed by atoms with Gasteiger partial charge >= 0.3 is 33.6 Å². The molecule has 0 rings (SSSR count). The van der Waals surface area contributed by atoms with Crippen molar-refractivity contribution in [3.05, 3.63) is 170 Å². The standard InChI is InChI=1S/C93H156O16P2/c1-4-7-10-13-16-19-22-25-28-31-34-37-39-40-41-42-43-44-45-46-48-51-52-55-58-61-64-67-70-73-76-79-91(96)103-82-88(94)83-105-110(99,100)106-84-89(95)85-107-111(101,102)108-87-90(109-93(98)81-78-75-72-69-66-63-60-57-54-49-36-33-30-27-24-21-18-15-12-9-6-3)86-104-92(97)80-77-74-71-68-65-62-59-56-53-50-47-38-35-32-29-26-23-20-17-14-11-8-5-2/h7,9-10,12,16-21,25-30,34-38,40-41,49-50,53,57,60,88-90,94-95H,4-6,8,11,13-15,22-24,31-33,39,42-48,51-52,54-56,58-59,61-87H2,1-3H3,(H,99,100)(H,101,102)/b10-7-,12-9-,19-16-,20-17-,21-18-,28-25-,29-26-,30-27-,37-34-,38-35-,41-40-,49-36-,53-50-,60-57-. The highest BCUT2D eigenvalue weighted by molar-refractivity contribution is 7.47. The van der Waals surface area contributed by atoms with Crippen LogP contribution in [0.5, 0.6) is 0 Å². The smallest absolute Gasteiger partial charge is 0.463 e. The molecular weight excluding hydrogens is 1430 g/mol. The van der Waals surface area contributed by atoms with Crippen molar-refractivity contribution >= 4 is 33.6 Å². The first kappa shape index (κ1) is 106. The summed E-state index contributed by atoms with van der Waals surface area (Å²) in [6.45, 7) is 2.41. The zero-order valence-corrected chi connectivity index (χ0v) is 71.4. The number of unbranched alkanes of at least 4 members (excludes halogenated alkanes) is 30. The predicted molar refractivity (Wildman–Crippen MR) is 463 cm³/mol. The Morgan fingerprint density at radius 1 is 0.261 bits per heavy atom. The number of carbonyl (C=O) groups excluding carboxylic acids is 3. The van der Waals surface area contributed by atoms with Gasteiger partial charge in [0, 0.05) is 19.3 Å². The van der Waals surface area contributed by atoms with Crippen molar-refractivity contribution in [3.8, 4) is 0 Å². The van der Waals surface area contributed by atoms with Gasteiger partial charge < -0.3 is 34.2 Å². The van der Waals surface area contributed by atoms with Crippen molar-refractivity contribution in [1.29, 1.82) is 0 Å². The third-order valence-corrected chi connectivity index (χ3v) is 19.8. The number of esters is 3. The summed E-state index contributed by atoms with van der Waals surface area (Å²) in [6.07, 6.45) is 108. The third-order valence-electron chi connectivity index (χ3n) is 17.9. The van der Waals surface area contributed by atoms with Gasteiger partial charge in [0.15, 0.2) is 6.10 Å². The fraction of sp³-hybridized carbons (Fsp3) is 0.667. The molecule has 0 saturated carbocycles. The summed E-state index contributed by atoms with van der Waals surface area (Å²) in [7, 11) is -9.82. The van der Waals surface area contributed by atoms with Gasteiger partial charge in [0.05, 0.1) is 26.4 Å². The third kappa shape index (κ3) is 85.6. The van der Waals surface area contributed by atoms with Crippen LogP contribution < -0.4 is 0 Å². The minimum Gasteiger partial charge on any atom is -0.463 e. The van der Waals surface area contributed by atoms with Crippen LogP contribution in [0.3, 0.4) is 0 Å². The van der Waals surface area contributed by atoms with Gasteiger partial charge in [0.2, 0.25) is 0 Å². The second-order valence-electron chi connectivity index (χ2n) is 28.6. The number of ether oxygens (including phenoxy) is 3. The van der Waals surface area contributed by atoms with Crippen molar-refractivity contribution in [1.82, 2.24) is 0 Å². The molecule has 5 atom stereocenters. The molecule has 0 fully saturated rings. The molecule has 0 aliphatic heterocycles.